The van der Waals surface area contributed by atoms with E-state index in [2.05, 4.69) is 10.8 Å². The molecule has 0 aliphatic heterocycles. The number of primary amides is 1. The van der Waals surface area contributed by atoms with Gasteiger partial charge >= 0.3 is 5.97 Å². The van der Waals surface area contributed by atoms with Gasteiger partial charge in [0.2, 0.25) is 0 Å². The summed E-state index contributed by atoms with van der Waals surface area (Å²) < 4.78 is 1.63. The number of nitrogens with zero attached hydrogens (tertiary/aromatic N) is 2. The standard InChI is InChI=1S/C10H14N4O3.ClH/c11-8(10(16)17)2-1-4-14-5-3-7(6-13-14)9(12)15;/h3,5-6,8H,1-2,4,11H2,(H2-,12,15,16,17);1H/p+1/t8-;/m0./s1. The van der Waals surface area contributed by atoms with Crippen molar-refractivity contribution in [2.45, 2.75) is 25.4 Å². The van der Waals surface area contributed by atoms with Gasteiger partial charge in [-0.3, -0.25) is 4.79 Å². The lowest BCUT2D eigenvalue weighted by atomic mass is 10.2. The van der Waals surface area contributed by atoms with E-state index in [0.29, 0.717) is 24.9 Å². The van der Waals surface area contributed by atoms with Crippen molar-refractivity contribution in [3.63, 3.8) is 0 Å². The second kappa shape index (κ2) is 7.57. The number of carbonyl (C=O) groups excluding carboxylic acids is 1. The van der Waals surface area contributed by atoms with Gasteiger partial charge < -0.3 is 29.0 Å². The second-order valence-corrected chi connectivity index (χ2v) is 3.72. The highest BCUT2D eigenvalue weighted by Crippen LogP contribution is 1.94. The minimum absolute atomic E-state index is 0. The van der Waals surface area contributed by atoms with Crippen LogP contribution in [-0.4, -0.2) is 28.1 Å². The summed E-state index contributed by atoms with van der Waals surface area (Å²) in [6.45, 7) is 0.582. The van der Waals surface area contributed by atoms with E-state index in [0.717, 1.165) is 0 Å². The molecule has 6 N–H and O–H groups in total. The number of nitrogens with two attached hydrogens (primary N) is 1. The predicted octanol–water partition coefficient (Wildman–Crippen LogP) is -5.05. The summed E-state index contributed by atoms with van der Waals surface area (Å²) in [5.41, 5.74) is 8.94. The van der Waals surface area contributed by atoms with Crippen LogP contribution < -0.4 is 28.6 Å². The summed E-state index contributed by atoms with van der Waals surface area (Å²) in [7, 11) is 0. The fourth-order valence-corrected chi connectivity index (χ4v) is 1.29. The number of aliphatic carboxylic acids is 1. The molecule has 7 nitrogen and oxygen atoms in total. The predicted molar refractivity (Wildman–Crippen MR) is 56.5 cm³/mol. The number of hydrogen-bond acceptors (Lipinski definition) is 3. The molecule has 0 saturated heterocycles. The van der Waals surface area contributed by atoms with Gasteiger partial charge in [-0.05, 0) is 5.10 Å². The van der Waals surface area contributed by atoms with E-state index in [1.54, 1.807) is 16.9 Å². The molecule has 0 unspecified atom stereocenters. The molecule has 0 fully saturated rings. The van der Waals surface area contributed by atoms with Crippen LogP contribution in [0.25, 0.3) is 0 Å². The lowest BCUT2D eigenvalue weighted by Crippen LogP contribution is -3.00. The maximum absolute atomic E-state index is 10.8. The van der Waals surface area contributed by atoms with Gasteiger partial charge in [-0.15, -0.1) is 0 Å². The molecule has 0 aromatic carbocycles. The molecule has 0 bridgehead atoms. The summed E-state index contributed by atoms with van der Waals surface area (Å²) in [4.78, 5) is 21.3. The van der Waals surface area contributed by atoms with Crippen molar-refractivity contribution in [2.24, 2.45) is 5.73 Å². The Labute approximate surface area is 110 Å². The average molecular weight is 276 g/mol. The summed E-state index contributed by atoms with van der Waals surface area (Å²) in [5.74, 6) is -1.42. The highest BCUT2D eigenvalue weighted by Gasteiger charge is 2.16. The number of amides is 1. The Bertz CT molecular complexity index is 410. The summed E-state index contributed by atoms with van der Waals surface area (Å²) in [6.07, 6.45) is 4.18. The molecule has 1 aromatic heterocycles. The fourth-order valence-electron chi connectivity index (χ4n) is 1.29. The molecule has 0 spiro atoms. The van der Waals surface area contributed by atoms with Gasteiger partial charge in [-0.25, -0.2) is 4.79 Å². The van der Waals surface area contributed by atoms with Gasteiger partial charge in [0.05, 0.1) is 5.56 Å². The first-order valence-corrected chi connectivity index (χ1v) is 5.22. The first-order valence-electron chi connectivity index (χ1n) is 5.22. The Kier molecular flexibility index (Phi) is 6.84. The maximum atomic E-state index is 10.8. The van der Waals surface area contributed by atoms with Crippen LogP contribution in [0.15, 0.2) is 18.5 Å². The summed E-state index contributed by atoms with van der Waals surface area (Å²) in [6, 6.07) is 0.981. The quantitative estimate of drug-likeness (QED) is 0.449. The summed E-state index contributed by atoms with van der Waals surface area (Å²) in [5, 5.41) is 12.6. The van der Waals surface area contributed by atoms with Crippen LogP contribution in [0.2, 0.25) is 0 Å². The van der Waals surface area contributed by atoms with Gasteiger partial charge in [0.15, 0.2) is 18.8 Å². The van der Waals surface area contributed by atoms with E-state index >= 15 is 0 Å². The Morgan fingerprint density at radius 1 is 1.56 bits per heavy atom. The third kappa shape index (κ3) is 5.07. The van der Waals surface area contributed by atoms with Crippen molar-refractivity contribution >= 4 is 11.9 Å². The highest BCUT2D eigenvalue weighted by atomic mass is 35.5. The number of halogens is 1. The number of carboxylic acid groups (broad SMARTS) is 1. The number of quaternary nitrogens is 1. The molecule has 1 amide bonds. The van der Waals surface area contributed by atoms with Gasteiger partial charge in [0.25, 0.3) is 5.91 Å². The molecule has 100 valence electrons. The average Bonchev–Trinajstić information content (AvgIpc) is 2.29. The lowest BCUT2D eigenvalue weighted by Gasteiger charge is -2.00. The number of carbonyl (C=O) groups is 2. The number of aromatic nitrogens is 2. The third-order valence-corrected chi connectivity index (χ3v) is 2.34. The monoisotopic (exact) mass is 275 g/mol. The van der Waals surface area contributed by atoms with E-state index in [4.69, 9.17) is 10.8 Å². The molecule has 1 atom stereocenters. The topological polar surface area (TPSA) is 125 Å². The molecule has 0 radical (unpaired) electrons. The molecule has 0 saturated carbocycles. The molecule has 1 heterocycles. The fraction of sp³-hybridized carbons (Fsp3) is 0.400. The van der Waals surface area contributed by atoms with Crippen molar-refractivity contribution in [1.82, 2.24) is 5.10 Å². The minimum atomic E-state index is -0.896. The van der Waals surface area contributed by atoms with E-state index in [1.807, 2.05) is 0 Å². The van der Waals surface area contributed by atoms with Gasteiger partial charge in [-0.1, -0.05) is 4.68 Å². The normalized spacial score (nSPS) is 11.4. The lowest BCUT2D eigenvalue weighted by molar-refractivity contribution is -0.754. The Balaban J connectivity index is 0.00000289. The Hall–Kier alpha value is -1.73. The van der Waals surface area contributed by atoms with Crippen LogP contribution in [-0.2, 0) is 11.3 Å². The van der Waals surface area contributed by atoms with Crippen LogP contribution in [0, 0.1) is 0 Å². The number of carboxylic acids is 1. The highest BCUT2D eigenvalue weighted by molar-refractivity contribution is 5.92. The van der Waals surface area contributed by atoms with Gasteiger partial charge in [0.1, 0.15) is 6.20 Å². The number of aryl methyl sites for hydroxylation is 1. The van der Waals surface area contributed by atoms with E-state index in [-0.39, 0.29) is 12.4 Å². The van der Waals surface area contributed by atoms with Crippen LogP contribution >= 0.6 is 0 Å². The van der Waals surface area contributed by atoms with Crippen molar-refractivity contribution in [1.29, 1.82) is 0 Å². The van der Waals surface area contributed by atoms with E-state index < -0.39 is 17.9 Å². The van der Waals surface area contributed by atoms with Crippen molar-refractivity contribution in [3.05, 3.63) is 24.0 Å². The van der Waals surface area contributed by atoms with E-state index in [1.165, 1.54) is 6.20 Å². The van der Waals surface area contributed by atoms with E-state index in [9.17, 15) is 9.59 Å². The zero-order valence-corrected chi connectivity index (χ0v) is 10.5. The molecule has 18 heavy (non-hydrogen) atoms. The maximum Gasteiger partial charge on any atom is 0.362 e. The smallest absolute Gasteiger partial charge is 0.362 e. The molecule has 1 aromatic rings. The second-order valence-electron chi connectivity index (χ2n) is 3.72. The van der Waals surface area contributed by atoms with Crippen molar-refractivity contribution in [3.8, 4) is 0 Å². The first kappa shape index (κ1) is 16.3. The Morgan fingerprint density at radius 2 is 2.22 bits per heavy atom. The third-order valence-electron chi connectivity index (χ3n) is 2.34. The molecular formula is C10H16ClN4O3+. The van der Waals surface area contributed by atoms with Crippen molar-refractivity contribution in [2.75, 3.05) is 0 Å². The zero-order valence-electron chi connectivity index (χ0n) is 9.75. The number of hydrogen-bond donors (Lipinski definition) is 3. The molecule has 0 aliphatic rings. The molecule has 1 rings (SSSR count). The number of rotatable bonds is 6. The van der Waals surface area contributed by atoms with Crippen LogP contribution in [0.4, 0.5) is 0 Å². The van der Waals surface area contributed by atoms with Gasteiger partial charge in [0, 0.05) is 18.9 Å². The van der Waals surface area contributed by atoms with Crippen LogP contribution in [0.5, 0.6) is 0 Å². The zero-order chi connectivity index (χ0) is 12.8. The molecular weight excluding hydrogens is 260 g/mol. The molecule has 8 heteroatoms. The molecule has 0 aliphatic carbocycles. The summed E-state index contributed by atoms with van der Waals surface area (Å²) >= 11 is 0. The van der Waals surface area contributed by atoms with Crippen LogP contribution in [0.1, 0.15) is 23.2 Å². The minimum Gasteiger partial charge on any atom is -1.00 e. The van der Waals surface area contributed by atoms with Crippen LogP contribution in [0.3, 0.4) is 0 Å². The Morgan fingerprint density at radius 3 is 2.67 bits per heavy atom. The first-order chi connectivity index (χ1) is 8.00. The SMILES string of the molecule is NC(=O)c1cc[n+](CCC[C@H]([NH3+])C(=O)O)nc1.[Cl-]. The van der Waals surface area contributed by atoms with Gasteiger partial charge in [-0.2, -0.15) is 0 Å². The van der Waals surface area contributed by atoms with Crippen molar-refractivity contribution < 1.29 is 37.5 Å². The largest absolute Gasteiger partial charge is 1.00 e.